The first-order valence-corrected chi connectivity index (χ1v) is 8.01. The Morgan fingerprint density at radius 1 is 1.31 bits per heavy atom. The molecule has 0 aliphatic carbocycles. The fourth-order valence-corrected chi connectivity index (χ4v) is 1.40. The molecule has 68 valence electrons. The zero-order chi connectivity index (χ0) is 9.90. The van der Waals surface area contributed by atoms with Gasteiger partial charge in [0, 0.05) is 0 Å². The van der Waals surface area contributed by atoms with Gasteiger partial charge in [0.2, 0.25) is 0 Å². The Hall–Kier alpha value is -0.783. The highest BCUT2D eigenvalue weighted by atomic mass is 35.5. The lowest BCUT2D eigenvalue weighted by Crippen LogP contribution is -2.16. The minimum atomic E-state index is -1.30. The average molecular weight is 210 g/mol. The standard InChI is InChI=1S/C10H12ClNSi/c1-13(2,3)8-7-9-5-4-6-10(11)12-9/h4-6H,1-3H3. The van der Waals surface area contributed by atoms with E-state index < -0.39 is 8.07 Å². The number of aromatic nitrogens is 1. The van der Waals surface area contributed by atoms with Crippen LogP contribution in [0.25, 0.3) is 0 Å². The van der Waals surface area contributed by atoms with E-state index in [1.54, 1.807) is 6.07 Å². The first-order valence-electron chi connectivity index (χ1n) is 4.13. The first-order chi connectivity index (χ1) is 5.97. The van der Waals surface area contributed by atoms with Gasteiger partial charge in [0.15, 0.2) is 0 Å². The summed E-state index contributed by atoms with van der Waals surface area (Å²) in [6.45, 7) is 6.60. The lowest BCUT2D eigenvalue weighted by atomic mass is 10.4. The molecule has 0 aliphatic heterocycles. The Morgan fingerprint density at radius 3 is 2.54 bits per heavy atom. The van der Waals surface area contributed by atoms with Gasteiger partial charge in [-0.15, -0.1) is 5.54 Å². The van der Waals surface area contributed by atoms with E-state index >= 15 is 0 Å². The zero-order valence-electron chi connectivity index (χ0n) is 8.06. The van der Waals surface area contributed by atoms with Crippen molar-refractivity contribution in [2.45, 2.75) is 19.6 Å². The van der Waals surface area contributed by atoms with E-state index in [-0.39, 0.29) is 0 Å². The summed E-state index contributed by atoms with van der Waals surface area (Å²) in [7, 11) is -1.30. The van der Waals surface area contributed by atoms with Gasteiger partial charge >= 0.3 is 0 Å². The van der Waals surface area contributed by atoms with Crippen LogP contribution in [0.2, 0.25) is 24.8 Å². The second-order valence-corrected chi connectivity index (χ2v) is 8.98. The maximum atomic E-state index is 5.73. The molecule has 0 atom stereocenters. The van der Waals surface area contributed by atoms with Crippen LogP contribution in [0.3, 0.4) is 0 Å². The van der Waals surface area contributed by atoms with Crippen LogP contribution in [0.15, 0.2) is 18.2 Å². The molecule has 0 unspecified atom stereocenters. The van der Waals surface area contributed by atoms with Crippen LogP contribution in [-0.2, 0) is 0 Å². The highest BCUT2D eigenvalue weighted by Gasteiger charge is 2.07. The number of pyridine rings is 1. The van der Waals surface area contributed by atoms with E-state index in [0.717, 1.165) is 5.69 Å². The van der Waals surface area contributed by atoms with Gasteiger partial charge in [-0.1, -0.05) is 43.2 Å². The maximum Gasteiger partial charge on any atom is 0.130 e. The molecule has 0 saturated heterocycles. The monoisotopic (exact) mass is 209 g/mol. The summed E-state index contributed by atoms with van der Waals surface area (Å²) in [5.74, 6) is 3.04. The molecule has 0 saturated carbocycles. The molecule has 1 heterocycles. The van der Waals surface area contributed by atoms with Crippen molar-refractivity contribution in [3.8, 4) is 11.5 Å². The minimum Gasteiger partial charge on any atom is -0.228 e. The van der Waals surface area contributed by atoms with E-state index in [1.807, 2.05) is 12.1 Å². The molecule has 1 rings (SSSR count). The number of nitrogens with zero attached hydrogens (tertiary/aromatic N) is 1. The van der Waals surface area contributed by atoms with Gasteiger partial charge in [-0.3, -0.25) is 0 Å². The van der Waals surface area contributed by atoms with Crippen LogP contribution in [0.1, 0.15) is 5.69 Å². The van der Waals surface area contributed by atoms with Gasteiger partial charge in [0.1, 0.15) is 18.9 Å². The Balaban J connectivity index is 2.90. The van der Waals surface area contributed by atoms with E-state index in [4.69, 9.17) is 11.6 Å². The average Bonchev–Trinajstić information content (AvgIpc) is 2.00. The van der Waals surface area contributed by atoms with Crippen molar-refractivity contribution in [3.05, 3.63) is 29.0 Å². The second-order valence-electron chi connectivity index (χ2n) is 3.85. The normalized spacial score (nSPS) is 10.5. The van der Waals surface area contributed by atoms with Crippen molar-refractivity contribution < 1.29 is 0 Å². The molecule has 0 bridgehead atoms. The number of hydrogen-bond acceptors (Lipinski definition) is 1. The first kappa shape index (κ1) is 10.3. The molecule has 1 aromatic heterocycles. The van der Waals surface area contributed by atoms with Gasteiger partial charge in [-0.05, 0) is 12.1 Å². The summed E-state index contributed by atoms with van der Waals surface area (Å²) in [4.78, 5) is 4.09. The molecular formula is C10H12ClNSi. The highest BCUT2D eigenvalue weighted by molar-refractivity contribution is 6.83. The Morgan fingerprint density at radius 2 is 2.00 bits per heavy atom. The Bertz CT molecular complexity index is 357. The van der Waals surface area contributed by atoms with Crippen molar-refractivity contribution in [1.82, 2.24) is 4.98 Å². The fraction of sp³-hybridized carbons (Fsp3) is 0.300. The smallest absolute Gasteiger partial charge is 0.130 e. The lowest BCUT2D eigenvalue weighted by molar-refractivity contribution is 1.29. The van der Waals surface area contributed by atoms with Crippen molar-refractivity contribution in [1.29, 1.82) is 0 Å². The van der Waals surface area contributed by atoms with Crippen LogP contribution in [-0.4, -0.2) is 13.1 Å². The third kappa shape index (κ3) is 4.12. The molecule has 0 fully saturated rings. The molecule has 0 aromatic carbocycles. The van der Waals surface area contributed by atoms with Crippen molar-refractivity contribution in [2.24, 2.45) is 0 Å². The van der Waals surface area contributed by atoms with Crippen LogP contribution < -0.4 is 0 Å². The van der Waals surface area contributed by atoms with Crippen molar-refractivity contribution >= 4 is 19.7 Å². The molecule has 0 spiro atoms. The SMILES string of the molecule is C[Si](C)(C)C#Cc1cccc(Cl)n1. The topological polar surface area (TPSA) is 12.9 Å². The number of halogens is 1. The quantitative estimate of drug-likeness (QED) is 0.364. The second kappa shape index (κ2) is 3.95. The molecule has 0 amide bonds. The lowest BCUT2D eigenvalue weighted by Gasteiger charge is -2.02. The van der Waals surface area contributed by atoms with Crippen LogP contribution in [0.5, 0.6) is 0 Å². The van der Waals surface area contributed by atoms with E-state index in [2.05, 4.69) is 36.1 Å². The van der Waals surface area contributed by atoms with Gasteiger partial charge < -0.3 is 0 Å². The predicted molar refractivity (Wildman–Crippen MR) is 59.5 cm³/mol. The largest absolute Gasteiger partial charge is 0.228 e. The van der Waals surface area contributed by atoms with Crippen molar-refractivity contribution in [3.63, 3.8) is 0 Å². The summed E-state index contributed by atoms with van der Waals surface area (Å²) in [6.07, 6.45) is 0. The molecule has 3 heteroatoms. The summed E-state index contributed by atoms with van der Waals surface area (Å²) < 4.78 is 0. The van der Waals surface area contributed by atoms with E-state index in [9.17, 15) is 0 Å². The molecule has 0 N–H and O–H groups in total. The van der Waals surface area contributed by atoms with Gasteiger partial charge in [0.25, 0.3) is 0 Å². The molecule has 1 nitrogen and oxygen atoms in total. The number of rotatable bonds is 0. The molecule has 0 aliphatic rings. The molecule has 13 heavy (non-hydrogen) atoms. The molecule has 1 aromatic rings. The summed E-state index contributed by atoms with van der Waals surface area (Å²) >= 11 is 5.73. The van der Waals surface area contributed by atoms with Gasteiger partial charge in [-0.2, -0.15) is 0 Å². The Labute approximate surface area is 85.2 Å². The van der Waals surface area contributed by atoms with Crippen molar-refractivity contribution in [2.75, 3.05) is 0 Å². The van der Waals surface area contributed by atoms with Gasteiger partial charge in [0.05, 0.1) is 0 Å². The zero-order valence-corrected chi connectivity index (χ0v) is 9.81. The highest BCUT2D eigenvalue weighted by Crippen LogP contribution is 2.04. The third-order valence-electron chi connectivity index (χ3n) is 1.28. The fourth-order valence-electron chi connectivity index (χ4n) is 0.729. The Kier molecular flexibility index (Phi) is 3.13. The molecule has 0 radical (unpaired) electrons. The van der Waals surface area contributed by atoms with Crippen LogP contribution in [0.4, 0.5) is 0 Å². The summed E-state index contributed by atoms with van der Waals surface area (Å²) in [5.41, 5.74) is 3.99. The number of hydrogen-bond donors (Lipinski definition) is 0. The summed E-state index contributed by atoms with van der Waals surface area (Å²) in [5, 5.41) is 0.502. The van der Waals surface area contributed by atoms with Crippen LogP contribution in [0, 0.1) is 11.5 Å². The summed E-state index contributed by atoms with van der Waals surface area (Å²) in [6, 6.07) is 5.49. The van der Waals surface area contributed by atoms with E-state index in [0.29, 0.717) is 5.15 Å². The van der Waals surface area contributed by atoms with Gasteiger partial charge in [-0.25, -0.2) is 4.98 Å². The maximum absolute atomic E-state index is 5.73. The minimum absolute atomic E-state index is 0.502. The third-order valence-corrected chi connectivity index (χ3v) is 2.37. The predicted octanol–water partition coefficient (Wildman–Crippen LogP) is 2.96. The molecular weight excluding hydrogens is 198 g/mol. The van der Waals surface area contributed by atoms with Crippen LogP contribution >= 0.6 is 11.6 Å². The van der Waals surface area contributed by atoms with E-state index in [1.165, 1.54) is 0 Å².